The van der Waals surface area contributed by atoms with E-state index in [0.29, 0.717) is 17.7 Å². The Hall–Kier alpha value is -1.35. The van der Waals surface area contributed by atoms with Gasteiger partial charge in [-0.1, -0.05) is 42.5 Å². The summed E-state index contributed by atoms with van der Waals surface area (Å²) in [6.07, 6.45) is 0.974. The maximum atomic E-state index is 11.7. The standard InChI is InChI=1S/C13H12O2S/c14-10-7-12(15)11(13(16)8-10)6-9-4-2-1-3-5-9/h1-5,11H,6-8H2. The summed E-state index contributed by atoms with van der Waals surface area (Å²) in [5, 5.41) is 0. The number of carbonyl (C=O) groups is 2. The SMILES string of the molecule is O=C1CC(=O)C(Cc2ccccc2)C(=S)C1. The molecule has 0 saturated heterocycles. The van der Waals surface area contributed by atoms with Crippen molar-refractivity contribution in [3.8, 4) is 0 Å². The highest BCUT2D eigenvalue weighted by atomic mass is 32.1. The van der Waals surface area contributed by atoms with Crippen LogP contribution in [0.25, 0.3) is 0 Å². The van der Waals surface area contributed by atoms with Crippen LogP contribution in [0.15, 0.2) is 30.3 Å². The molecule has 0 radical (unpaired) electrons. The van der Waals surface area contributed by atoms with Crippen LogP contribution in [0.1, 0.15) is 18.4 Å². The van der Waals surface area contributed by atoms with E-state index < -0.39 is 0 Å². The third kappa shape index (κ3) is 2.42. The van der Waals surface area contributed by atoms with Crippen molar-refractivity contribution in [3.63, 3.8) is 0 Å². The zero-order valence-corrected chi connectivity index (χ0v) is 9.63. The average molecular weight is 232 g/mol. The van der Waals surface area contributed by atoms with Gasteiger partial charge in [0.25, 0.3) is 0 Å². The Morgan fingerprint density at radius 3 is 2.44 bits per heavy atom. The molecule has 3 heteroatoms. The number of ketones is 2. The minimum Gasteiger partial charge on any atom is -0.299 e. The van der Waals surface area contributed by atoms with Crippen LogP contribution in [0.5, 0.6) is 0 Å². The predicted octanol–water partition coefficient (Wildman–Crippen LogP) is 2.15. The molecule has 0 aliphatic heterocycles. The van der Waals surface area contributed by atoms with Gasteiger partial charge in [-0.3, -0.25) is 9.59 Å². The third-order valence-electron chi connectivity index (χ3n) is 2.80. The Labute approximate surface area is 99.7 Å². The number of hydrogen-bond acceptors (Lipinski definition) is 3. The summed E-state index contributed by atoms with van der Waals surface area (Å²) >= 11 is 5.14. The molecule has 0 bridgehead atoms. The Morgan fingerprint density at radius 2 is 1.81 bits per heavy atom. The van der Waals surface area contributed by atoms with E-state index in [0.717, 1.165) is 5.56 Å². The summed E-state index contributed by atoms with van der Waals surface area (Å²) in [4.78, 5) is 23.5. The molecule has 0 amide bonds. The van der Waals surface area contributed by atoms with Gasteiger partial charge in [0.15, 0.2) is 0 Å². The van der Waals surface area contributed by atoms with Gasteiger partial charge in [-0.15, -0.1) is 0 Å². The number of rotatable bonds is 2. The molecule has 0 heterocycles. The van der Waals surface area contributed by atoms with Crippen molar-refractivity contribution in [3.05, 3.63) is 35.9 Å². The zero-order chi connectivity index (χ0) is 11.5. The molecular formula is C13H12O2S. The lowest BCUT2D eigenvalue weighted by molar-refractivity contribution is -0.128. The van der Waals surface area contributed by atoms with E-state index in [2.05, 4.69) is 0 Å². The summed E-state index contributed by atoms with van der Waals surface area (Å²) in [5.41, 5.74) is 1.09. The minimum absolute atomic E-state index is 0.0231. The Bertz CT molecular complexity index is 417. The molecule has 1 fully saturated rings. The topological polar surface area (TPSA) is 34.1 Å². The molecular weight excluding hydrogens is 220 g/mol. The molecule has 2 rings (SSSR count). The molecule has 1 aromatic carbocycles. The van der Waals surface area contributed by atoms with Crippen LogP contribution < -0.4 is 0 Å². The molecule has 1 atom stereocenters. The van der Waals surface area contributed by atoms with Crippen molar-refractivity contribution in [2.45, 2.75) is 19.3 Å². The molecule has 0 N–H and O–H groups in total. The second-order valence-corrected chi connectivity index (χ2v) is 4.59. The van der Waals surface area contributed by atoms with Crippen molar-refractivity contribution in [2.24, 2.45) is 5.92 Å². The highest BCUT2D eigenvalue weighted by molar-refractivity contribution is 7.80. The van der Waals surface area contributed by atoms with Crippen LogP contribution >= 0.6 is 12.2 Å². The first-order valence-electron chi connectivity index (χ1n) is 5.28. The number of thiocarbonyl (C=S) groups is 1. The zero-order valence-electron chi connectivity index (χ0n) is 8.81. The van der Waals surface area contributed by atoms with E-state index in [1.807, 2.05) is 30.3 Å². The quantitative estimate of drug-likeness (QED) is 0.579. The van der Waals surface area contributed by atoms with E-state index in [-0.39, 0.29) is 23.9 Å². The molecule has 1 aliphatic rings. The van der Waals surface area contributed by atoms with Gasteiger partial charge in [-0.05, 0) is 12.0 Å². The van der Waals surface area contributed by atoms with Crippen molar-refractivity contribution in [1.29, 1.82) is 0 Å². The smallest absolute Gasteiger partial charge is 0.148 e. The van der Waals surface area contributed by atoms with Crippen LogP contribution in [0, 0.1) is 5.92 Å². The van der Waals surface area contributed by atoms with Crippen molar-refractivity contribution < 1.29 is 9.59 Å². The molecule has 82 valence electrons. The Kier molecular flexibility index (Phi) is 3.25. The average Bonchev–Trinajstić information content (AvgIpc) is 2.25. The first kappa shape index (κ1) is 11.1. The monoisotopic (exact) mass is 232 g/mol. The van der Waals surface area contributed by atoms with E-state index in [9.17, 15) is 9.59 Å². The van der Waals surface area contributed by atoms with Crippen molar-refractivity contribution in [1.82, 2.24) is 0 Å². The number of carbonyl (C=O) groups excluding carboxylic acids is 2. The van der Waals surface area contributed by atoms with E-state index in [1.54, 1.807) is 0 Å². The fraction of sp³-hybridized carbons (Fsp3) is 0.308. The van der Waals surface area contributed by atoms with Gasteiger partial charge < -0.3 is 0 Å². The normalized spacial score (nSPS) is 21.2. The van der Waals surface area contributed by atoms with Gasteiger partial charge in [0, 0.05) is 11.3 Å². The maximum Gasteiger partial charge on any atom is 0.148 e. The summed E-state index contributed by atoms with van der Waals surface area (Å²) in [6.45, 7) is 0. The van der Waals surface area contributed by atoms with Crippen molar-refractivity contribution >= 4 is 28.6 Å². The number of hydrogen-bond donors (Lipinski definition) is 0. The number of Topliss-reactive ketones (excluding diaryl/α,β-unsaturated/α-hetero) is 2. The first-order valence-corrected chi connectivity index (χ1v) is 5.68. The molecule has 1 aliphatic carbocycles. The van der Waals surface area contributed by atoms with E-state index in [1.165, 1.54) is 0 Å². The van der Waals surface area contributed by atoms with Crippen LogP contribution in [-0.4, -0.2) is 16.4 Å². The first-order chi connectivity index (χ1) is 7.66. The second-order valence-electron chi connectivity index (χ2n) is 4.07. The van der Waals surface area contributed by atoms with Gasteiger partial charge in [0.2, 0.25) is 0 Å². The molecule has 16 heavy (non-hydrogen) atoms. The minimum atomic E-state index is -0.241. The Morgan fingerprint density at radius 1 is 1.12 bits per heavy atom. The van der Waals surface area contributed by atoms with Gasteiger partial charge in [-0.25, -0.2) is 0 Å². The third-order valence-corrected chi connectivity index (χ3v) is 3.23. The fourth-order valence-corrected chi connectivity index (χ4v) is 2.33. The number of benzene rings is 1. The van der Waals surface area contributed by atoms with Crippen molar-refractivity contribution in [2.75, 3.05) is 0 Å². The highest BCUT2D eigenvalue weighted by Crippen LogP contribution is 2.20. The predicted molar refractivity (Wildman–Crippen MR) is 65.5 cm³/mol. The Balaban J connectivity index is 2.13. The summed E-state index contributed by atoms with van der Waals surface area (Å²) in [6, 6.07) is 9.78. The van der Waals surface area contributed by atoms with Gasteiger partial charge in [-0.2, -0.15) is 0 Å². The van der Waals surface area contributed by atoms with Crippen LogP contribution in [0.3, 0.4) is 0 Å². The summed E-state index contributed by atoms with van der Waals surface area (Å²) in [7, 11) is 0. The van der Waals surface area contributed by atoms with Gasteiger partial charge in [0.1, 0.15) is 11.6 Å². The van der Waals surface area contributed by atoms with Gasteiger partial charge >= 0.3 is 0 Å². The van der Waals surface area contributed by atoms with E-state index >= 15 is 0 Å². The maximum absolute atomic E-state index is 11.7. The lowest BCUT2D eigenvalue weighted by atomic mass is 9.83. The second kappa shape index (κ2) is 4.66. The largest absolute Gasteiger partial charge is 0.299 e. The fourth-order valence-electron chi connectivity index (χ4n) is 1.95. The summed E-state index contributed by atoms with van der Waals surface area (Å²) < 4.78 is 0. The molecule has 1 unspecified atom stereocenters. The lowest BCUT2D eigenvalue weighted by Gasteiger charge is -2.21. The van der Waals surface area contributed by atoms with Crippen LogP contribution in [0.4, 0.5) is 0 Å². The summed E-state index contributed by atoms with van der Waals surface area (Å²) in [5.74, 6) is -0.306. The van der Waals surface area contributed by atoms with Crippen LogP contribution in [0.2, 0.25) is 0 Å². The molecule has 0 aromatic heterocycles. The highest BCUT2D eigenvalue weighted by Gasteiger charge is 2.31. The molecule has 1 saturated carbocycles. The molecule has 2 nitrogen and oxygen atoms in total. The van der Waals surface area contributed by atoms with Gasteiger partial charge in [0.05, 0.1) is 12.3 Å². The lowest BCUT2D eigenvalue weighted by Crippen LogP contribution is -2.33. The molecule has 0 spiro atoms. The molecule has 1 aromatic rings. The van der Waals surface area contributed by atoms with E-state index in [4.69, 9.17) is 12.2 Å². The van der Waals surface area contributed by atoms with Crippen LogP contribution in [-0.2, 0) is 16.0 Å².